The van der Waals surface area contributed by atoms with E-state index in [1.54, 1.807) is 18.2 Å². The van der Waals surface area contributed by atoms with Gasteiger partial charge in [-0.25, -0.2) is 0 Å². The summed E-state index contributed by atoms with van der Waals surface area (Å²) in [6.45, 7) is 1.99. The minimum atomic E-state index is -0.275. The van der Waals surface area contributed by atoms with Gasteiger partial charge >= 0.3 is 0 Å². The zero-order valence-corrected chi connectivity index (χ0v) is 14.6. The summed E-state index contributed by atoms with van der Waals surface area (Å²) in [4.78, 5) is 11.9. The molecule has 0 aromatic heterocycles. The molecule has 0 aliphatic rings. The van der Waals surface area contributed by atoms with Gasteiger partial charge in [0.05, 0.1) is 17.3 Å². The lowest BCUT2D eigenvalue weighted by atomic mass is 10.2. The van der Waals surface area contributed by atoms with Gasteiger partial charge in [0.15, 0.2) is 5.11 Å². The quantitative estimate of drug-likeness (QED) is 0.707. The Bertz CT molecular complexity index is 737. The molecule has 0 aliphatic heterocycles. The fourth-order valence-electron chi connectivity index (χ4n) is 1.83. The van der Waals surface area contributed by atoms with E-state index in [-0.39, 0.29) is 12.5 Å². The van der Waals surface area contributed by atoms with Gasteiger partial charge in [0, 0.05) is 10.7 Å². The van der Waals surface area contributed by atoms with Crippen LogP contribution in [0.3, 0.4) is 0 Å². The topological polar surface area (TPSA) is 53.2 Å². The maximum absolute atomic E-state index is 11.9. The third kappa shape index (κ3) is 5.39. The molecule has 7 heteroatoms. The molecule has 0 spiro atoms. The first kappa shape index (κ1) is 17.5. The smallest absolute Gasteiger partial charge is 0.243 e. The SMILES string of the molecule is Cc1ccccc1NC(=S)NCC(=O)Nc1cc(Cl)ccc1Cl. The summed E-state index contributed by atoms with van der Waals surface area (Å²) in [5.41, 5.74) is 2.42. The summed E-state index contributed by atoms with van der Waals surface area (Å²) in [5, 5.41) is 9.85. The Morgan fingerprint density at radius 3 is 2.57 bits per heavy atom. The average molecular weight is 368 g/mol. The van der Waals surface area contributed by atoms with E-state index in [0.717, 1.165) is 11.3 Å². The summed E-state index contributed by atoms with van der Waals surface area (Å²) >= 11 is 17.0. The largest absolute Gasteiger partial charge is 0.353 e. The molecule has 2 aromatic rings. The predicted octanol–water partition coefficient (Wildman–Crippen LogP) is 4.23. The number of thiocarbonyl (C=S) groups is 1. The molecule has 0 saturated heterocycles. The highest BCUT2D eigenvalue weighted by Crippen LogP contribution is 2.25. The lowest BCUT2D eigenvalue weighted by molar-refractivity contribution is -0.115. The molecule has 2 aromatic carbocycles. The van der Waals surface area contributed by atoms with Crippen LogP contribution < -0.4 is 16.0 Å². The normalized spacial score (nSPS) is 10.0. The van der Waals surface area contributed by atoms with Crippen LogP contribution in [-0.4, -0.2) is 17.6 Å². The van der Waals surface area contributed by atoms with Crippen molar-refractivity contribution in [3.8, 4) is 0 Å². The first-order valence-electron chi connectivity index (χ1n) is 6.81. The summed E-state index contributed by atoms with van der Waals surface area (Å²) < 4.78 is 0. The van der Waals surface area contributed by atoms with E-state index in [2.05, 4.69) is 16.0 Å². The number of benzene rings is 2. The zero-order valence-electron chi connectivity index (χ0n) is 12.3. The zero-order chi connectivity index (χ0) is 16.8. The van der Waals surface area contributed by atoms with Crippen LogP contribution in [0.25, 0.3) is 0 Å². The number of carbonyl (C=O) groups excluding carboxylic acids is 1. The maximum atomic E-state index is 11.9. The van der Waals surface area contributed by atoms with Crippen molar-refractivity contribution in [3.05, 3.63) is 58.1 Å². The van der Waals surface area contributed by atoms with Gasteiger partial charge in [0.1, 0.15) is 0 Å². The van der Waals surface area contributed by atoms with E-state index in [4.69, 9.17) is 35.4 Å². The Labute approximate surface area is 150 Å². The van der Waals surface area contributed by atoms with Crippen molar-refractivity contribution in [2.24, 2.45) is 0 Å². The molecule has 0 aliphatic carbocycles. The van der Waals surface area contributed by atoms with Gasteiger partial charge in [-0.3, -0.25) is 4.79 Å². The first-order chi connectivity index (χ1) is 11.0. The number of aryl methyl sites for hydroxylation is 1. The minimum Gasteiger partial charge on any atom is -0.353 e. The Morgan fingerprint density at radius 2 is 1.83 bits per heavy atom. The van der Waals surface area contributed by atoms with E-state index in [1.807, 2.05) is 31.2 Å². The van der Waals surface area contributed by atoms with Gasteiger partial charge in [0.2, 0.25) is 5.91 Å². The second-order valence-corrected chi connectivity index (χ2v) is 6.05. The van der Waals surface area contributed by atoms with Crippen molar-refractivity contribution in [3.63, 3.8) is 0 Å². The van der Waals surface area contributed by atoms with Gasteiger partial charge in [-0.1, -0.05) is 41.4 Å². The van der Waals surface area contributed by atoms with E-state index >= 15 is 0 Å². The van der Waals surface area contributed by atoms with E-state index < -0.39 is 0 Å². The highest BCUT2D eigenvalue weighted by Gasteiger charge is 2.08. The van der Waals surface area contributed by atoms with Crippen LogP contribution in [-0.2, 0) is 4.79 Å². The van der Waals surface area contributed by atoms with Crippen molar-refractivity contribution in [2.45, 2.75) is 6.92 Å². The van der Waals surface area contributed by atoms with Gasteiger partial charge in [-0.05, 0) is 49.0 Å². The van der Waals surface area contributed by atoms with Crippen LogP contribution in [0.5, 0.6) is 0 Å². The second-order valence-electron chi connectivity index (χ2n) is 4.79. The lowest BCUT2D eigenvalue weighted by Gasteiger charge is -2.13. The van der Waals surface area contributed by atoms with Crippen molar-refractivity contribution >= 4 is 57.8 Å². The van der Waals surface area contributed by atoms with Crippen molar-refractivity contribution in [1.29, 1.82) is 0 Å². The molecule has 0 saturated carbocycles. The predicted molar refractivity (Wildman–Crippen MR) is 100 cm³/mol. The molecule has 0 atom stereocenters. The number of rotatable bonds is 4. The van der Waals surface area contributed by atoms with E-state index in [1.165, 1.54) is 0 Å². The van der Waals surface area contributed by atoms with Crippen LogP contribution in [0.1, 0.15) is 5.56 Å². The number of hydrogen-bond donors (Lipinski definition) is 3. The van der Waals surface area contributed by atoms with Crippen LogP contribution >= 0.6 is 35.4 Å². The van der Waals surface area contributed by atoms with Gasteiger partial charge in [-0.2, -0.15) is 0 Å². The summed E-state index contributed by atoms with van der Waals surface area (Å²) in [6, 6.07) is 12.6. The number of carbonyl (C=O) groups is 1. The molecule has 0 unspecified atom stereocenters. The fraction of sp³-hybridized carbons (Fsp3) is 0.125. The monoisotopic (exact) mass is 367 g/mol. The average Bonchev–Trinajstić information content (AvgIpc) is 2.51. The van der Waals surface area contributed by atoms with Crippen LogP contribution in [0.2, 0.25) is 10.0 Å². The molecule has 0 heterocycles. The molecule has 2 rings (SSSR count). The lowest BCUT2D eigenvalue weighted by Crippen LogP contribution is -2.35. The third-order valence-corrected chi connectivity index (χ3v) is 3.82. The Balaban J connectivity index is 1.85. The number of halogens is 2. The summed E-state index contributed by atoms with van der Waals surface area (Å²) in [5.74, 6) is -0.275. The standard InChI is InChI=1S/C16H15Cl2N3OS/c1-10-4-2-3-5-13(10)21-16(23)19-9-15(22)20-14-8-11(17)6-7-12(14)18/h2-8H,9H2,1H3,(H,20,22)(H2,19,21,23). The molecular weight excluding hydrogens is 353 g/mol. The first-order valence-corrected chi connectivity index (χ1v) is 7.97. The number of para-hydroxylation sites is 1. The fourth-order valence-corrected chi connectivity index (χ4v) is 2.35. The molecule has 0 radical (unpaired) electrons. The third-order valence-electron chi connectivity index (χ3n) is 3.01. The maximum Gasteiger partial charge on any atom is 0.243 e. The van der Waals surface area contributed by atoms with Crippen LogP contribution in [0.4, 0.5) is 11.4 Å². The molecular formula is C16H15Cl2N3OS. The van der Waals surface area contributed by atoms with Crippen molar-refractivity contribution in [2.75, 3.05) is 17.2 Å². The van der Waals surface area contributed by atoms with Crippen LogP contribution in [0.15, 0.2) is 42.5 Å². The van der Waals surface area contributed by atoms with Gasteiger partial charge in [-0.15, -0.1) is 0 Å². The minimum absolute atomic E-state index is 0.0144. The summed E-state index contributed by atoms with van der Waals surface area (Å²) in [6.07, 6.45) is 0. The highest BCUT2D eigenvalue weighted by atomic mass is 35.5. The number of hydrogen-bond acceptors (Lipinski definition) is 2. The Kier molecular flexibility index (Phi) is 6.21. The molecule has 1 amide bonds. The molecule has 23 heavy (non-hydrogen) atoms. The van der Waals surface area contributed by atoms with Crippen LogP contribution in [0, 0.1) is 6.92 Å². The number of nitrogens with one attached hydrogen (secondary N) is 3. The Hall–Kier alpha value is -1.82. The van der Waals surface area contributed by atoms with E-state index in [9.17, 15) is 4.79 Å². The van der Waals surface area contributed by atoms with E-state index in [0.29, 0.717) is 20.8 Å². The molecule has 4 nitrogen and oxygen atoms in total. The molecule has 0 fully saturated rings. The van der Waals surface area contributed by atoms with Gasteiger partial charge in [0.25, 0.3) is 0 Å². The van der Waals surface area contributed by atoms with Crippen molar-refractivity contribution < 1.29 is 4.79 Å². The van der Waals surface area contributed by atoms with Crippen molar-refractivity contribution in [1.82, 2.24) is 5.32 Å². The number of anilines is 2. The Morgan fingerprint density at radius 1 is 1.09 bits per heavy atom. The molecule has 120 valence electrons. The molecule has 0 bridgehead atoms. The second kappa shape index (κ2) is 8.15. The number of amides is 1. The van der Waals surface area contributed by atoms with Gasteiger partial charge < -0.3 is 16.0 Å². The summed E-state index contributed by atoms with van der Waals surface area (Å²) in [7, 11) is 0. The molecule has 3 N–H and O–H groups in total. The highest BCUT2D eigenvalue weighted by molar-refractivity contribution is 7.80.